The van der Waals surface area contributed by atoms with Crippen LogP contribution >= 0.6 is 35.0 Å². The molecule has 9 nitrogen and oxygen atoms in total. The van der Waals surface area contributed by atoms with Crippen LogP contribution in [0.5, 0.6) is 11.5 Å². The third-order valence-electron chi connectivity index (χ3n) is 10.5. The summed E-state index contributed by atoms with van der Waals surface area (Å²) in [6, 6.07) is 51.4. The summed E-state index contributed by atoms with van der Waals surface area (Å²) in [5.41, 5.74) is 2.65. The predicted molar refractivity (Wildman–Crippen MR) is 307 cm³/mol. The Bertz CT molecular complexity index is 2820. The molecule has 0 radical (unpaired) electrons. The summed E-state index contributed by atoms with van der Waals surface area (Å²) < 4.78 is 47.1. The maximum atomic E-state index is 12.1. The third kappa shape index (κ3) is 28.1. The summed E-state index contributed by atoms with van der Waals surface area (Å²) in [5, 5.41) is 1.22. The molecule has 0 saturated heterocycles. The lowest BCUT2D eigenvalue weighted by Crippen LogP contribution is -2.08. The molecule has 7 aromatic rings. The fraction of sp³-hybridized carbons (Fsp3) is 0.222. The van der Waals surface area contributed by atoms with Crippen LogP contribution in [0, 0.1) is 11.8 Å². The molecule has 3 unspecified atom stereocenters. The average Bonchev–Trinajstić information content (AvgIpc) is 3.48. The van der Waals surface area contributed by atoms with Crippen molar-refractivity contribution in [1.29, 1.82) is 0 Å². The van der Waals surface area contributed by atoms with Gasteiger partial charge in [0.25, 0.3) is 0 Å². The first kappa shape index (κ1) is 68.6. The Morgan fingerprint density at radius 3 is 1.49 bits per heavy atom. The van der Waals surface area contributed by atoms with Gasteiger partial charge in [-0.3, -0.25) is 19.2 Å². The topological polar surface area (TPSA) is 138 Å². The summed E-state index contributed by atoms with van der Waals surface area (Å²) in [7, 11) is 1.55. The van der Waals surface area contributed by atoms with E-state index in [0.717, 1.165) is 90.0 Å². The fourth-order valence-corrected chi connectivity index (χ4v) is 7.07. The first-order valence-electron chi connectivity index (χ1n) is 24.5. The summed E-state index contributed by atoms with van der Waals surface area (Å²) in [6.45, 7) is 10.2. The molecule has 3 atom stereocenters. The van der Waals surface area contributed by atoms with Crippen LogP contribution < -0.4 is 9.47 Å². The van der Waals surface area contributed by atoms with Gasteiger partial charge in [-0.1, -0.05) is 197 Å². The molecule has 0 bridgehead atoms. The van der Waals surface area contributed by atoms with Crippen molar-refractivity contribution in [3.05, 3.63) is 225 Å². The molecule has 0 aliphatic heterocycles. The molecular formula is C63H65Cl2F3O9S. The van der Waals surface area contributed by atoms with Crippen LogP contribution in [0.4, 0.5) is 13.2 Å². The zero-order valence-electron chi connectivity index (χ0n) is 44.3. The first-order chi connectivity index (χ1) is 37.5. The second kappa shape index (κ2) is 40.8. The standard InChI is InChI=1S/C15H14O3.C13H9ClOS.C9H10O.C8H5F3O.C7H5ClO.C6H12O.C5H10O/c1-17-14-9-5-8-13(10-16)15(14)18-11-12-6-3-2-4-7-12;14-11-5-7-12(8-6-11)16-13-4-2-1-3-10(13)9-15;1-8(7-10)9-5-3-2-4-6-9;9-8(10,11)7-4-2-1-3-6(7)5-12;8-7-4-2-1-3-6(7)5-9;1-3-4-6(2)5-7;1-3-5(2)4-6/h2-10H,11H2,1H3;1-9H;2-8H,1H3;1-5H;1-5H;5-6H,3-4H2,1-2H3;4-5H,3H2,1-2H3. The van der Waals surface area contributed by atoms with Gasteiger partial charge >= 0.3 is 6.18 Å². The Balaban J connectivity index is 0.000000470. The first-order valence-corrected chi connectivity index (χ1v) is 26.1. The number of rotatable bonds is 17. The lowest BCUT2D eigenvalue weighted by Gasteiger charge is -2.12. The van der Waals surface area contributed by atoms with Crippen LogP contribution in [0.1, 0.15) is 118 Å². The predicted octanol–water partition coefficient (Wildman–Crippen LogP) is 16.9. The normalized spacial score (nSPS) is 11.0. The summed E-state index contributed by atoms with van der Waals surface area (Å²) in [4.78, 5) is 74.1. The highest BCUT2D eigenvalue weighted by Gasteiger charge is 2.32. The van der Waals surface area contributed by atoms with Crippen LogP contribution in [0.15, 0.2) is 186 Å². The Morgan fingerprint density at radius 2 is 1.04 bits per heavy atom. The van der Waals surface area contributed by atoms with Crippen LogP contribution in [0.25, 0.3) is 0 Å². The van der Waals surface area contributed by atoms with E-state index in [4.69, 9.17) is 32.7 Å². The van der Waals surface area contributed by atoms with Gasteiger partial charge in [0.15, 0.2) is 36.6 Å². The minimum atomic E-state index is -4.45. The number of alkyl halides is 3. The number of carbonyl (C=O) groups excluding carboxylic acids is 7. The number of halogens is 5. The van der Waals surface area contributed by atoms with Gasteiger partial charge in [0.2, 0.25) is 0 Å². The van der Waals surface area contributed by atoms with Gasteiger partial charge in [-0.25, -0.2) is 0 Å². The van der Waals surface area contributed by atoms with E-state index in [2.05, 4.69) is 6.92 Å². The van der Waals surface area contributed by atoms with Gasteiger partial charge in [-0.2, -0.15) is 13.2 Å². The van der Waals surface area contributed by atoms with Crippen molar-refractivity contribution < 1.29 is 56.2 Å². The fourth-order valence-electron chi connectivity index (χ4n) is 5.85. The second-order valence-corrected chi connectivity index (χ2v) is 18.5. The number of ether oxygens (including phenoxy) is 2. The van der Waals surface area contributed by atoms with Gasteiger partial charge in [-0.05, 0) is 78.6 Å². The largest absolute Gasteiger partial charge is 0.493 e. The maximum absolute atomic E-state index is 12.1. The molecule has 0 saturated carbocycles. The summed E-state index contributed by atoms with van der Waals surface area (Å²) in [5.74, 6) is 1.60. The third-order valence-corrected chi connectivity index (χ3v) is 12.2. The molecule has 15 heteroatoms. The number of hydrogen-bond donors (Lipinski definition) is 0. The lowest BCUT2D eigenvalue weighted by molar-refractivity contribution is -0.137. The van der Waals surface area contributed by atoms with Crippen LogP contribution in [-0.4, -0.2) is 51.1 Å². The molecule has 0 aromatic heterocycles. The van der Waals surface area contributed by atoms with E-state index in [1.54, 1.807) is 61.3 Å². The van der Waals surface area contributed by atoms with Gasteiger partial charge in [0.05, 0.1) is 23.3 Å². The molecule has 0 aliphatic rings. The van der Waals surface area contributed by atoms with Gasteiger partial charge in [0.1, 0.15) is 25.5 Å². The van der Waals surface area contributed by atoms with Crippen molar-refractivity contribution in [2.24, 2.45) is 11.8 Å². The molecule has 7 rings (SSSR count). The Labute approximate surface area is 470 Å². The molecule has 7 aromatic carbocycles. The second-order valence-electron chi connectivity index (χ2n) is 16.6. The number of para-hydroxylation sites is 1. The van der Waals surface area contributed by atoms with Gasteiger partial charge in [0, 0.05) is 49.3 Å². The van der Waals surface area contributed by atoms with E-state index >= 15 is 0 Å². The molecule has 0 amide bonds. The highest BCUT2D eigenvalue weighted by molar-refractivity contribution is 7.99. The quantitative estimate of drug-likeness (QED) is 0.0810. The molecule has 0 fully saturated rings. The Hall–Kier alpha value is -7.45. The Kier molecular flexibility index (Phi) is 35.8. The molecule has 412 valence electrons. The number of aldehydes is 7. The van der Waals surface area contributed by atoms with Crippen molar-refractivity contribution in [2.75, 3.05) is 7.11 Å². The van der Waals surface area contributed by atoms with E-state index in [1.165, 1.54) is 12.1 Å². The maximum Gasteiger partial charge on any atom is 0.417 e. The SMILES string of the molecule is CC(C=O)c1ccccc1.CCC(C)C=O.CCCC(C)C=O.COc1cccc(C=O)c1OCc1ccccc1.O=Cc1ccccc1C(F)(F)F.O=Cc1ccccc1Cl.O=Cc1ccccc1Sc1ccc(Cl)cc1. The van der Waals surface area contributed by atoms with Crippen molar-refractivity contribution in [2.45, 2.75) is 82.4 Å². The van der Waals surface area contributed by atoms with Crippen molar-refractivity contribution in [3.8, 4) is 11.5 Å². The van der Waals surface area contributed by atoms with Gasteiger partial charge in [-0.15, -0.1) is 0 Å². The minimum Gasteiger partial charge on any atom is -0.493 e. The number of benzene rings is 7. The van der Waals surface area contributed by atoms with E-state index in [-0.39, 0.29) is 29.6 Å². The molecule has 78 heavy (non-hydrogen) atoms. The number of carbonyl (C=O) groups is 7. The zero-order valence-corrected chi connectivity index (χ0v) is 46.6. The lowest BCUT2D eigenvalue weighted by atomic mass is 10.0. The summed E-state index contributed by atoms with van der Waals surface area (Å²) >= 11 is 13.0. The van der Waals surface area contributed by atoms with E-state index in [9.17, 15) is 46.7 Å². The van der Waals surface area contributed by atoms with E-state index in [1.807, 2.05) is 137 Å². The van der Waals surface area contributed by atoms with Crippen molar-refractivity contribution in [1.82, 2.24) is 0 Å². The highest BCUT2D eigenvalue weighted by Crippen LogP contribution is 2.33. The smallest absolute Gasteiger partial charge is 0.417 e. The molecule has 0 spiro atoms. The number of methoxy groups -OCH3 is 1. The van der Waals surface area contributed by atoms with Crippen LogP contribution in [0.2, 0.25) is 10.0 Å². The van der Waals surface area contributed by atoms with Gasteiger partial charge < -0.3 is 23.9 Å². The molecule has 0 aliphatic carbocycles. The van der Waals surface area contributed by atoms with E-state index in [0.29, 0.717) is 44.8 Å². The average molecular weight is 1130 g/mol. The van der Waals surface area contributed by atoms with E-state index < -0.39 is 11.7 Å². The molecule has 0 heterocycles. The monoisotopic (exact) mass is 1120 g/mol. The molecule has 0 N–H and O–H groups in total. The van der Waals surface area contributed by atoms with Crippen molar-refractivity contribution >= 4 is 79.0 Å². The number of hydrogen-bond acceptors (Lipinski definition) is 10. The van der Waals surface area contributed by atoms with Crippen LogP contribution in [0.3, 0.4) is 0 Å². The molecular weight excluding hydrogens is 1060 g/mol. The Morgan fingerprint density at radius 1 is 0.538 bits per heavy atom. The highest BCUT2D eigenvalue weighted by atomic mass is 35.5. The zero-order chi connectivity index (χ0) is 58.1. The summed E-state index contributed by atoms with van der Waals surface area (Å²) in [6.07, 6.45) is 4.16. The minimum absolute atomic E-state index is 0.0289. The van der Waals surface area contributed by atoms with Crippen LogP contribution in [-0.2, 0) is 27.2 Å². The van der Waals surface area contributed by atoms with Crippen molar-refractivity contribution in [3.63, 3.8) is 0 Å².